The zero-order valence-electron chi connectivity index (χ0n) is 12.4. The van der Waals surface area contributed by atoms with Crippen molar-refractivity contribution in [1.29, 1.82) is 0 Å². The molecule has 2 aliphatic rings. The van der Waals surface area contributed by atoms with E-state index < -0.39 is 20.0 Å². The molecule has 0 atom stereocenters. The number of nitrogens with zero attached hydrogens (tertiary/aromatic N) is 1. The molecule has 9 heteroatoms. The summed E-state index contributed by atoms with van der Waals surface area (Å²) in [4.78, 5) is 0. The second-order valence-corrected chi connectivity index (χ2v) is 10.1. The van der Waals surface area contributed by atoms with E-state index in [-0.39, 0.29) is 17.5 Å². The van der Waals surface area contributed by atoms with Gasteiger partial charge in [-0.1, -0.05) is 0 Å². The van der Waals surface area contributed by atoms with Crippen LogP contribution < -0.4 is 10.0 Å². The quantitative estimate of drug-likeness (QED) is 0.580. The predicted molar refractivity (Wildman–Crippen MR) is 82.0 cm³/mol. The van der Waals surface area contributed by atoms with Gasteiger partial charge in [0.1, 0.15) is 9.84 Å². The Kier molecular flexibility index (Phi) is 5.64. The summed E-state index contributed by atoms with van der Waals surface area (Å²) in [5.74, 6) is 0.129. The molecule has 0 bridgehead atoms. The summed E-state index contributed by atoms with van der Waals surface area (Å²) in [6.07, 6.45) is 3.94. The molecule has 0 amide bonds. The molecule has 0 aromatic carbocycles. The van der Waals surface area contributed by atoms with E-state index in [4.69, 9.17) is 0 Å². The number of nitrogens with one attached hydrogen (secondary N) is 2. The van der Waals surface area contributed by atoms with Gasteiger partial charge in [0.25, 0.3) is 10.2 Å². The van der Waals surface area contributed by atoms with E-state index in [0.29, 0.717) is 25.4 Å². The van der Waals surface area contributed by atoms with E-state index in [9.17, 15) is 16.8 Å². The number of hydrogen-bond donors (Lipinski definition) is 2. The van der Waals surface area contributed by atoms with Gasteiger partial charge in [-0.15, -0.1) is 0 Å². The first-order chi connectivity index (χ1) is 9.78. The summed E-state index contributed by atoms with van der Waals surface area (Å²) < 4.78 is 50.9. The first-order valence-corrected chi connectivity index (χ1v) is 10.7. The van der Waals surface area contributed by atoms with Crippen molar-refractivity contribution in [2.24, 2.45) is 0 Å². The van der Waals surface area contributed by atoms with Crippen LogP contribution in [0.2, 0.25) is 0 Å². The Labute approximate surface area is 127 Å². The summed E-state index contributed by atoms with van der Waals surface area (Å²) in [7, 11) is -4.93. The molecule has 1 saturated carbocycles. The standard InChI is InChI=1S/C12H25N3O4S2/c1-15(8-2-7-13-11-3-4-11)21(18,19)14-12-5-9-20(16,17)10-6-12/h11-14H,2-10H2,1H3. The van der Waals surface area contributed by atoms with Crippen molar-refractivity contribution in [1.82, 2.24) is 14.3 Å². The average molecular weight is 339 g/mol. The Morgan fingerprint density at radius 1 is 1.10 bits per heavy atom. The lowest BCUT2D eigenvalue weighted by Gasteiger charge is -2.26. The van der Waals surface area contributed by atoms with Crippen LogP contribution in [0, 0.1) is 0 Å². The zero-order valence-corrected chi connectivity index (χ0v) is 14.0. The van der Waals surface area contributed by atoms with Gasteiger partial charge in [0.2, 0.25) is 0 Å². The maximum Gasteiger partial charge on any atom is 0.279 e. The molecule has 21 heavy (non-hydrogen) atoms. The van der Waals surface area contributed by atoms with Crippen LogP contribution in [0.4, 0.5) is 0 Å². The Bertz CT molecular complexity index is 529. The van der Waals surface area contributed by atoms with E-state index in [1.54, 1.807) is 7.05 Å². The summed E-state index contributed by atoms with van der Waals surface area (Å²) in [6.45, 7) is 1.28. The molecule has 2 fully saturated rings. The van der Waals surface area contributed by atoms with Crippen molar-refractivity contribution in [3.8, 4) is 0 Å². The van der Waals surface area contributed by atoms with Crippen molar-refractivity contribution >= 4 is 20.0 Å². The third-order valence-corrected chi connectivity index (χ3v) is 7.29. The first-order valence-electron chi connectivity index (χ1n) is 7.46. The molecule has 2 N–H and O–H groups in total. The lowest BCUT2D eigenvalue weighted by atomic mass is 10.2. The molecular weight excluding hydrogens is 314 g/mol. The first kappa shape index (κ1) is 17.1. The zero-order chi connectivity index (χ0) is 15.5. The third-order valence-electron chi connectivity index (χ3n) is 3.94. The third kappa shape index (κ3) is 5.82. The van der Waals surface area contributed by atoms with Gasteiger partial charge in [-0.2, -0.15) is 17.4 Å². The summed E-state index contributed by atoms with van der Waals surface area (Å²) >= 11 is 0. The second-order valence-electron chi connectivity index (χ2n) is 5.95. The maximum absolute atomic E-state index is 12.1. The van der Waals surface area contributed by atoms with E-state index in [2.05, 4.69) is 10.0 Å². The monoisotopic (exact) mass is 339 g/mol. The van der Waals surface area contributed by atoms with Crippen LogP contribution in [0.5, 0.6) is 0 Å². The Morgan fingerprint density at radius 3 is 2.29 bits per heavy atom. The Balaban J connectivity index is 1.71. The van der Waals surface area contributed by atoms with Gasteiger partial charge in [-0.3, -0.25) is 0 Å². The highest BCUT2D eigenvalue weighted by Gasteiger charge is 2.28. The van der Waals surface area contributed by atoms with Crippen LogP contribution in [-0.2, 0) is 20.0 Å². The van der Waals surface area contributed by atoms with Crippen LogP contribution in [0.15, 0.2) is 0 Å². The second kappa shape index (κ2) is 6.91. The molecule has 0 unspecified atom stereocenters. The van der Waals surface area contributed by atoms with Gasteiger partial charge in [0.05, 0.1) is 11.5 Å². The predicted octanol–water partition coefficient (Wildman–Crippen LogP) is -0.528. The van der Waals surface area contributed by atoms with Crippen LogP contribution in [0.3, 0.4) is 0 Å². The van der Waals surface area contributed by atoms with Gasteiger partial charge in [-0.05, 0) is 38.6 Å². The summed E-state index contributed by atoms with van der Waals surface area (Å²) in [5.41, 5.74) is 0. The largest absolute Gasteiger partial charge is 0.314 e. The van der Waals surface area contributed by atoms with E-state index in [1.165, 1.54) is 17.1 Å². The number of hydrogen-bond acceptors (Lipinski definition) is 5. The van der Waals surface area contributed by atoms with Crippen LogP contribution in [0.25, 0.3) is 0 Å². The average Bonchev–Trinajstić information content (AvgIpc) is 3.21. The van der Waals surface area contributed by atoms with Gasteiger partial charge in [-0.25, -0.2) is 8.42 Å². The van der Waals surface area contributed by atoms with E-state index >= 15 is 0 Å². The molecule has 1 aliphatic heterocycles. The van der Waals surface area contributed by atoms with Crippen LogP contribution in [-0.4, -0.2) is 64.9 Å². The van der Waals surface area contributed by atoms with Crippen LogP contribution >= 0.6 is 0 Å². The molecule has 2 rings (SSSR count). The Hall–Kier alpha value is -0.220. The molecule has 7 nitrogen and oxygen atoms in total. The van der Waals surface area contributed by atoms with Crippen molar-refractivity contribution < 1.29 is 16.8 Å². The summed E-state index contributed by atoms with van der Waals surface area (Å²) in [5, 5.41) is 3.35. The maximum atomic E-state index is 12.1. The minimum Gasteiger partial charge on any atom is -0.314 e. The molecule has 0 aromatic rings. The molecule has 0 aromatic heterocycles. The lowest BCUT2D eigenvalue weighted by Crippen LogP contribution is -2.47. The van der Waals surface area contributed by atoms with Gasteiger partial charge >= 0.3 is 0 Å². The molecule has 1 aliphatic carbocycles. The Morgan fingerprint density at radius 2 is 1.71 bits per heavy atom. The summed E-state index contributed by atoms with van der Waals surface area (Å²) in [6, 6.07) is 0.361. The number of rotatable bonds is 8. The van der Waals surface area contributed by atoms with Gasteiger partial charge in [0, 0.05) is 25.7 Å². The fourth-order valence-electron chi connectivity index (χ4n) is 2.32. The highest BCUT2D eigenvalue weighted by molar-refractivity contribution is 7.91. The SMILES string of the molecule is CN(CCCNC1CC1)S(=O)(=O)NC1CCS(=O)(=O)CC1. The lowest BCUT2D eigenvalue weighted by molar-refractivity contribution is 0.427. The number of sulfone groups is 1. The minimum atomic E-state index is -3.52. The molecule has 0 spiro atoms. The van der Waals surface area contributed by atoms with Gasteiger partial charge in [0.15, 0.2) is 0 Å². The normalized spacial score (nSPS) is 23.5. The highest BCUT2D eigenvalue weighted by atomic mass is 32.2. The molecule has 1 heterocycles. The van der Waals surface area contributed by atoms with Crippen LogP contribution in [0.1, 0.15) is 32.1 Å². The molecular formula is C12H25N3O4S2. The van der Waals surface area contributed by atoms with E-state index in [1.807, 2.05) is 0 Å². The molecule has 0 radical (unpaired) electrons. The highest BCUT2D eigenvalue weighted by Crippen LogP contribution is 2.18. The fourth-order valence-corrected chi connectivity index (χ4v) is 5.02. The van der Waals surface area contributed by atoms with E-state index in [0.717, 1.165) is 13.0 Å². The molecule has 124 valence electrons. The minimum absolute atomic E-state index is 0.0647. The topological polar surface area (TPSA) is 95.6 Å². The fraction of sp³-hybridized carbons (Fsp3) is 1.00. The van der Waals surface area contributed by atoms with Crippen molar-refractivity contribution in [2.45, 2.75) is 44.2 Å². The molecule has 1 saturated heterocycles. The van der Waals surface area contributed by atoms with Crippen molar-refractivity contribution in [3.63, 3.8) is 0 Å². The van der Waals surface area contributed by atoms with Gasteiger partial charge < -0.3 is 5.32 Å². The smallest absolute Gasteiger partial charge is 0.279 e. The van der Waals surface area contributed by atoms with Crippen molar-refractivity contribution in [3.05, 3.63) is 0 Å². The van der Waals surface area contributed by atoms with Crippen molar-refractivity contribution in [2.75, 3.05) is 31.6 Å².